The number of aliphatic hydroxyl groups excluding tert-OH is 1. The third-order valence-electron chi connectivity index (χ3n) is 7.78. The van der Waals surface area contributed by atoms with Crippen molar-refractivity contribution in [2.24, 2.45) is 22.7 Å². The minimum absolute atomic E-state index is 0.0403. The van der Waals surface area contributed by atoms with Gasteiger partial charge in [0, 0.05) is 11.8 Å². The normalized spacial score (nSPS) is 41.7. The van der Waals surface area contributed by atoms with Gasteiger partial charge in [0.2, 0.25) is 0 Å². The molecule has 4 rings (SSSR count). The van der Waals surface area contributed by atoms with Crippen LogP contribution in [0.1, 0.15) is 52.9 Å². The summed E-state index contributed by atoms with van der Waals surface area (Å²) in [6.07, 6.45) is 7.05. The molecule has 0 amide bonds. The molecule has 4 unspecified atom stereocenters. The van der Waals surface area contributed by atoms with Gasteiger partial charge in [-0.05, 0) is 59.8 Å². The van der Waals surface area contributed by atoms with Crippen LogP contribution in [0.2, 0.25) is 0 Å². The largest absolute Gasteiger partial charge is 0.468 e. The second-order valence-corrected chi connectivity index (χ2v) is 8.91. The van der Waals surface area contributed by atoms with Crippen LogP contribution in [-0.4, -0.2) is 30.1 Å². The molecule has 0 fully saturated rings. The number of allylic oxidation sites excluding steroid dienone is 4. The van der Waals surface area contributed by atoms with Gasteiger partial charge in [0.1, 0.15) is 5.92 Å². The number of ketones is 1. The Balaban J connectivity index is 1.97. The summed E-state index contributed by atoms with van der Waals surface area (Å²) in [6, 6.07) is 0. The number of rotatable bonds is 1. The average molecular weight is 356 g/mol. The number of fused-ring (bicyclic) bond motifs is 4. The SMILES string of the molecule is COC(=O)C1C2=C(CCC3(C)C2=CCC3C)C2(C)CCC(=O)C=C2[C@H]1O. The average Bonchev–Trinajstić information content (AvgIpc) is 2.91. The molecule has 1 N–H and O–H groups in total. The fourth-order valence-electron chi connectivity index (χ4n) is 5.83. The summed E-state index contributed by atoms with van der Waals surface area (Å²) in [5.74, 6) is -0.565. The van der Waals surface area contributed by atoms with E-state index in [0.717, 1.165) is 24.8 Å². The highest BCUT2D eigenvalue weighted by molar-refractivity contribution is 5.93. The van der Waals surface area contributed by atoms with Crippen LogP contribution < -0.4 is 0 Å². The first-order valence-corrected chi connectivity index (χ1v) is 9.69. The molecule has 0 bridgehead atoms. The quantitative estimate of drug-likeness (QED) is 0.730. The molecule has 4 nitrogen and oxygen atoms in total. The summed E-state index contributed by atoms with van der Waals surface area (Å²) in [5.41, 5.74) is 3.91. The van der Waals surface area contributed by atoms with Crippen LogP contribution in [0.3, 0.4) is 0 Å². The predicted octanol–water partition coefficient (Wildman–Crippen LogP) is 3.51. The van der Waals surface area contributed by atoms with Gasteiger partial charge in [-0.25, -0.2) is 0 Å². The van der Waals surface area contributed by atoms with Gasteiger partial charge in [-0.3, -0.25) is 9.59 Å². The summed E-state index contributed by atoms with van der Waals surface area (Å²) in [4.78, 5) is 24.8. The van der Waals surface area contributed by atoms with Gasteiger partial charge in [0.15, 0.2) is 5.78 Å². The Bertz CT molecular complexity index is 786. The third kappa shape index (κ3) is 2.11. The molecule has 0 radical (unpaired) electrons. The van der Waals surface area contributed by atoms with E-state index < -0.39 is 18.0 Å². The standard InChI is InChI=1S/C22H28O4/c1-12-5-6-14-17-15(8-10-21(12,14)2)22(3)9-7-13(23)11-16(22)19(24)18(17)20(25)26-4/h6,11-12,18-19,24H,5,7-10H2,1-4H3/t12?,18?,19-,21?,22?/m1/s1. The lowest BCUT2D eigenvalue weighted by Gasteiger charge is -2.52. The molecule has 4 aliphatic carbocycles. The van der Waals surface area contributed by atoms with Crippen LogP contribution in [0.25, 0.3) is 0 Å². The fraction of sp³-hybridized carbons (Fsp3) is 0.636. The second-order valence-electron chi connectivity index (χ2n) is 8.91. The zero-order valence-electron chi connectivity index (χ0n) is 16.1. The smallest absolute Gasteiger partial charge is 0.316 e. The molecule has 5 atom stereocenters. The molecule has 4 heteroatoms. The Hall–Kier alpha value is -1.68. The Morgan fingerprint density at radius 3 is 2.69 bits per heavy atom. The lowest BCUT2D eigenvalue weighted by molar-refractivity contribution is -0.147. The molecular formula is C22H28O4. The van der Waals surface area contributed by atoms with Crippen molar-refractivity contribution in [1.29, 1.82) is 0 Å². The maximum Gasteiger partial charge on any atom is 0.316 e. The van der Waals surface area contributed by atoms with E-state index in [1.54, 1.807) is 6.08 Å². The number of hydrogen-bond donors (Lipinski definition) is 1. The molecule has 0 aromatic heterocycles. The Morgan fingerprint density at radius 1 is 1.27 bits per heavy atom. The van der Waals surface area contributed by atoms with E-state index in [-0.39, 0.29) is 16.6 Å². The Kier molecular flexibility index (Phi) is 3.85. The van der Waals surface area contributed by atoms with E-state index in [9.17, 15) is 14.7 Å². The summed E-state index contributed by atoms with van der Waals surface area (Å²) in [6.45, 7) is 6.70. The highest BCUT2D eigenvalue weighted by Crippen LogP contribution is 2.63. The van der Waals surface area contributed by atoms with Crippen LogP contribution in [0.5, 0.6) is 0 Å². The van der Waals surface area contributed by atoms with Gasteiger partial charge in [0.25, 0.3) is 0 Å². The van der Waals surface area contributed by atoms with Gasteiger partial charge < -0.3 is 9.84 Å². The Morgan fingerprint density at radius 2 is 2.00 bits per heavy atom. The lowest BCUT2D eigenvalue weighted by atomic mass is 9.52. The van der Waals surface area contributed by atoms with Gasteiger partial charge in [-0.15, -0.1) is 0 Å². The zero-order chi connectivity index (χ0) is 18.9. The van der Waals surface area contributed by atoms with Crippen molar-refractivity contribution in [2.75, 3.05) is 7.11 Å². The van der Waals surface area contributed by atoms with E-state index >= 15 is 0 Å². The first-order valence-electron chi connectivity index (χ1n) is 9.69. The van der Waals surface area contributed by atoms with E-state index in [4.69, 9.17) is 4.74 Å². The van der Waals surface area contributed by atoms with Crippen molar-refractivity contribution in [3.63, 3.8) is 0 Å². The lowest BCUT2D eigenvalue weighted by Crippen LogP contribution is -2.49. The first-order chi connectivity index (χ1) is 12.2. The van der Waals surface area contributed by atoms with Gasteiger partial charge in [-0.2, -0.15) is 0 Å². The van der Waals surface area contributed by atoms with Crippen LogP contribution in [-0.2, 0) is 14.3 Å². The van der Waals surface area contributed by atoms with Crippen LogP contribution in [0, 0.1) is 22.7 Å². The number of carbonyl (C=O) groups is 2. The number of ether oxygens (including phenoxy) is 1. The molecule has 26 heavy (non-hydrogen) atoms. The van der Waals surface area contributed by atoms with Gasteiger partial charge in [-0.1, -0.05) is 32.4 Å². The monoisotopic (exact) mass is 356 g/mol. The van der Waals surface area contributed by atoms with Crippen LogP contribution >= 0.6 is 0 Å². The van der Waals surface area contributed by atoms with Crippen LogP contribution in [0.15, 0.2) is 34.4 Å². The second kappa shape index (κ2) is 5.66. The first kappa shape index (κ1) is 17.7. The third-order valence-corrected chi connectivity index (χ3v) is 7.78. The van der Waals surface area contributed by atoms with Crippen molar-refractivity contribution >= 4 is 11.8 Å². The van der Waals surface area contributed by atoms with Crippen LogP contribution in [0.4, 0.5) is 0 Å². The summed E-state index contributed by atoms with van der Waals surface area (Å²) in [7, 11) is 1.37. The van der Waals surface area contributed by atoms with Crippen molar-refractivity contribution in [3.8, 4) is 0 Å². The highest BCUT2D eigenvalue weighted by atomic mass is 16.5. The van der Waals surface area contributed by atoms with Gasteiger partial charge >= 0.3 is 5.97 Å². The van der Waals surface area contributed by atoms with Gasteiger partial charge in [0.05, 0.1) is 13.2 Å². The minimum atomic E-state index is -0.991. The zero-order valence-corrected chi connectivity index (χ0v) is 16.1. The molecule has 0 saturated heterocycles. The molecule has 0 aliphatic heterocycles. The summed E-state index contributed by atoms with van der Waals surface area (Å²) >= 11 is 0. The minimum Gasteiger partial charge on any atom is -0.468 e. The number of hydrogen-bond acceptors (Lipinski definition) is 4. The molecule has 0 aromatic rings. The molecule has 0 heterocycles. The molecular weight excluding hydrogens is 328 g/mol. The maximum absolute atomic E-state index is 12.7. The van der Waals surface area contributed by atoms with Crippen molar-refractivity contribution in [1.82, 2.24) is 0 Å². The van der Waals surface area contributed by atoms with E-state index in [0.29, 0.717) is 24.3 Å². The number of esters is 1. The number of carbonyl (C=O) groups excluding carboxylic acids is 2. The summed E-state index contributed by atoms with van der Waals surface area (Å²) in [5, 5.41) is 11.2. The highest BCUT2D eigenvalue weighted by Gasteiger charge is 2.56. The molecule has 4 aliphatic rings. The van der Waals surface area contributed by atoms with E-state index in [1.807, 2.05) is 0 Å². The molecule has 0 spiro atoms. The fourth-order valence-corrected chi connectivity index (χ4v) is 5.83. The van der Waals surface area contributed by atoms with Crippen molar-refractivity contribution in [2.45, 2.75) is 59.0 Å². The summed E-state index contributed by atoms with van der Waals surface area (Å²) < 4.78 is 5.08. The predicted molar refractivity (Wildman–Crippen MR) is 98.2 cm³/mol. The molecule has 0 aromatic carbocycles. The topological polar surface area (TPSA) is 63.6 Å². The van der Waals surface area contributed by atoms with Crippen molar-refractivity contribution < 1.29 is 19.4 Å². The maximum atomic E-state index is 12.7. The van der Waals surface area contributed by atoms with Crippen molar-refractivity contribution in [3.05, 3.63) is 34.4 Å². The van der Waals surface area contributed by atoms with E-state index in [2.05, 4.69) is 26.8 Å². The van der Waals surface area contributed by atoms with E-state index in [1.165, 1.54) is 18.3 Å². The number of aliphatic hydroxyl groups is 1. The Labute approximate surface area is 155 Å². The molecule has 0 saturated carbocycles. The molecule has 140 valence electrons. The number of methoxy groups -OCH3 is 1.